The number of benzene rings is 1. The maximum absolute atomic E-state index is 13.0. The number of amides is 2. The van der Waals surface area contributed by atoms with Crippen molar-refractivity contribution in [2.45, 2.75) is 16.6 Å². The normalized spacial score (nSPS) is 19.1. The lowest BCUT2D eigenvalue weighted by Gasteiger charge is -2.49. The first-order valence-electron chi connectivity index (χ1n) is 11.0. The van der Waals surface area contributed by atoms with Crippen LogP contribution in [0.5, 0.6) is 0 Å². The fourth-order valence-corrected chi connectivity index (χ4v) is 6.74. The number of carboxylic acid groups (broad SMARTS) is 1. The number of hydrogen-bond acceptors (Lipinski definition) is 12. The van der Waals surface area contributed by atoms with Gasteiger partial charge in [0, 0.05) is 22.4 Å². The minimum atomic E-state index is -1.22. The first-order valence-corrected chi connectivity index (χ1v) is 14.0. The van der Waals surface area contributed by atoms with Crippen LogP contribution < -0.4 is 11.1 Å². The molecule has 2 aromatic heterocycles. The maximum Gasteiger partial charge on any atom is 0.352 e. The maximum atomic E-state index is 13.0. The van der Waals surface area contributed by atoms with Gasteiger partial charge in [0.05, 0.1) is 6.20 Å². The standard InChI is InChI=1S/C23H20N6O6S3/c1-34-28-15(13-10-37-22(24)26-13)18(30)27-16-19(31)29-17(21(32)33)12(8-36-20(16)29)9-38-23-25-7-14(35-23)11-5-3-2-4-6-11/h2-7,10,16,20H,8-9H2,1H3,(H2,24,26)(H,27,30)(H,32,33)/b28-15-/t16-,20-/m1/s1. The van der Waals surface area contributed by atoms with Gasteiger partial charge in [-0.2, -0.15) is 0 Å². The fourth-order valence-electron chi connectivity index (χ4n) is 3.91. The van der Waals surface area contributed by atoms with Crippen molar-refractivity contribution in [1.29, 1.82) is 0 Å². The molecular weight excluding hydrogens is 552 g/mol. The molecule has 1 aromatic carbocycles. The topological polar surface area (TPSA) is 173 Å². The molecule has 196 valence electrons. The van der Waals surface area contributed by atoms with Gasteiger partial charge in [-0.15, -0.1) is 23.1 Å². The number of carboxylic acids is 1. The fraction of sp³-hybridized carbons (Fsp3) is 0.217. The number of β-lactam (4-membered cyclic amide) rings is 1. The van der Waals surface area contributed by atoms with Crippen molar-refractivity contribution < 1.29 is 28.7 Å². The lowest BCUT2D eigenvalue weighted by molar-refractivity contribution is -0.150. The number of rotatable bonds is 9. The molecule has 2 amide bonds. The van der Waals surface area contributed by atoms with Gasteiger partial charge in [-0.25, -0.2) is 14.8 Å². The minimum absolute atomic E-state index is 0.0929. The Morgan fingerprint density at radius 3 is 2.84 bits per heavy atom. The van der Waals surface area contributed by atoms with Crippen LogP contribution in [-0.2, 0) is 19.2 Å². The molecule has 2 aliphatic heterocycles. The van der Waals surface area contributed by atoms with E-state index in [1.165, 1.54) is 35.5 Å². The number of carbonyl (C=O) groups is 3. The van der Waals surface area contributed by atoms with Crippen molar-refractivity contribution in [3.05, 3.63) is 58.9 Å². The summed E-state index contributed by atoms with van der Waals surface area (Å²) in [6.45, 7) is 0. The second kappa shape index (κ2) is 10.9. The van der Waals surface area contributed by atoms with Crippen molar-refractivity contribution in [1.82, 2.24) is 20.2 Å². The van der Waals surface area contributed by atoms with Crippen LogP contribution in [0, 0.1) is 0 Å². The predicted octanol–water partition coefficient (Wildman–Crippen LogP) is 2.26. The van der Waals surface area contributed by atoms with E-state index >= 15 is 0 Å². The number of oxazole rings is 1. The molecule has 0 radical (unpaired) electrons. The molecule has 38 heavy (non-hydrogen) atoms. The Kier molecular flexibility index (Phi) is 7.40. The Labute approximate surface area is 228 Å². The number of fused-ring (bicyclic) bond motifs is 1. The van der Waals surface area contributed by atoms with E-state index < -0.39 is 29.2 Å². The van der Waals surface area contributed by atoms with Crippen LogP contribution in [-0.4, -0.2) is 73.5 Å². The molecule has 15 heteroatoms. The number of carbonyl (C=O) groups excluding carboxylic acids is 2. The Bertz CT molecular complexity index is 1450. The molecule has 0 spiro atoms. The number of aliphatic carboxylic acids is 1. The molecule has 4 heterocycles. The zero-order valence-electron chi connectivity index (χ0n) is 19.7. The highest BCUT2D eigenvalue weighted by molar-refractivity contribution is 8.01. The Morgan fingerprint density at radius 2 is 2.16 bits per heavy atom. The van der Waals surface area contributed by atoms with Crippen molar-refractivity contribution >= 4 is 63.5 Å². The highest BCUT2D eigenvalue weighted by atomic mass is 32.2. The SMILES string of the molecule is CO/N=C(\C(=O)N[C@@H]1C(=O)N2C(C(=O)O)=C(CSc3ncc(-c4ccccc4)o3)CS[C@H]12)c1csc(N)n1. The monoisotopic (exact) mass is 572 g/mol. The number of hydrogen-bond donors (Lipinski definition) is 3. The number of thiazole rings is 1. The zero-order chi connectivity index (χ0) is 26.8. The molecule has 0 bridgehead atoms. The van der Waals surface area contributed by atoms with Crippen LogP contribution in [0.2, 0.25) is 0 Å². The second-order valence-electron chi connectivity index (χ2n) is 7.96. The molecule has 1 fully saturated rings. The van der Waals surface area contributed by atoms with E-state index in [4.69, 9.17) is 15.0 Å². The summed E-state index contributed by atoms with van der Waals surface area (Å²) in [5, 5.41) is 17.9. The minimum Gasteiger partial charge on any atom is -0.477 e. The summed E-state index contributed by atoms with van der Waals surface area (Å²) in [4.78, 5) is 52.3. The highest BCUT2D eigenvalue weighted by Crippen LogP contribution is 2.41. The van der Waals surface area contributed by atoms with Crippen LogP contribution in [0.15, 0.2) is 68.0 Å². The summed E-state index contributed by atoms with van der Waals surface area (Å²) in [6.07, 6.45) is 1.61. The Balaban J connectivity index is 1.28. The van der Waals surface area contributed by atoms with Crippen LogP contribution in [0.3, 0.4) is 0 Å². The molecule has 4 N–H and O–H groups in total. The second-order valence-corrected chi connectivity index (χ2v) is 10.9. The first kappa shape index (κ1) is 25.8. The third-order valence-electron chi connectivity index (χ3n) is 5.61. The quantitative estimate of drug-likeness (QED) is 0.149. The molecule has 3 aromatic rings. The van der Waals surface area contributed by atoms with Crippen molar-refractivity contribution in [3.63, 3.8) is 0 Å². The van der Waals surface area contributed by atoms with Gasteiger partial charge in [0.1, 0.15) is 29.9 Å². The predicted molar refractivity (Wildman–Crippen MR) is 142 cm³/mol. The molecule has 0 aliphatic carbocycles. The summed E-state index contributed by atoms with van der Waals surface area (Å²) in [6, 6.07) is 8.56. The molecule has 1 saturated heterocycles. The van der Waals surface area contributed by atoms with E-state index in [0.29, 0.717) is 22.3 Å². The van der Waals surface area contributed by atoms with Gasteiger partial charge >= 0.3 is 5.97 Å². The molecule has 0 saturated carbocycles. The van der Waals surface area contributed by atoms with E-state index in [1.807, 2.05) is 30.3 Å². The number of oxime groups is 1. The largest absolute Gasteiger partial charge is 0.477 e. The third kappa shape index (κ3) is 4.99. The summed E-state index contributed by atoms with van der Waals surface area (Å²) in [5.74, 6) is -1.22. The van der Waals surface area contributed by atoms with Crippen LogP contribution >= 0.6 is 34.9 Å². The molecular formula is C23H20N6O6S3. The van der Waals surface area contributed by atoms with Gasteiger partial charge in [-0.3, -0.25) is 14.5 Å². The number of aromatic nitrogens is 2. The summed E-state index contributed by atoms with van der Waals surface area (Å²) in [7, 11) is 1.28. The number of anilines is 1. The average Bonchev–Trinajstić information content (AvgIpc) is 3.58. The van der Waals surface area contributed by atoms with Gasteiger partial charge < -0.3 is 25.4 Å². The summed E-state index contributed by atoms with van der Waals surface area (Å²) in [5.41, 5.74) is 7.06. The van der Waals surface area contributed by atoms with E-state index in [0.717, 1.165) is 16.9 Å². The van der Waals surface area contributed by atoms with Gasteiger partial charge in [0.25, 0.3) is 17.0 Å². The number of nitrogens with one attached hydrogen (secondary N) is 1. The van der Waals surface area contributed by atoms with Gasteiger partial charge in [-0.1, -0.05) is 47.2 Å². The molecule has 0 unspecified atom stereocenters. The van der Waals surface area contributed by atoms with E-state index in [9.17, 15) is 19.5 Å². The van der Waals surface area contributed by atoms with E-state index in [1.54, 1.807) is 11.6 Å². The lowest BCUT2D eigenvalue weighted by Crippen LogP contribution is -2.71. The Hall–Kier alpha value is -3.82. The van der Waals surface area contributed by atoms with Crippen LogP contribution in [0.1, 0.15) is 5.69 Å². The number of nitrogen functional groups attached to an aromatic ring is 1. The molecule has 2 atom stereocenters. The summed E-state index contributed by atoms with van der Waals surface area (Å²) >= 11 is 3.73. The van der Waals surface area contributed by atoms with E-state index in [2.05, 4.69) is 20.4 Å². The Morgan fingerprint density at radius 1 is 1.37 bits per heavy atom. The zero-order valence-corrected chi connectivity index (χ0v) is 22.1. The van der Waals surface area contributed by atoms with Gasteiger partial charge in [-0.05, 0) is 5.57 Å². The molecule has 12 nitrogen and oxygen atoms in total. The average molecular weight is 573 g/mol. The van der Waals surface area contributed by atoms with Crippen LogP contribution in [0.25, 0.3) is 11.3 Å². The number of nitrogens with zero attached hydrogens (tertiary/aromatic N) is 4. The first-order chi connectivity index (χ1) is 18.4. The van der Waals surface area contributed by atoms with Crippen LogP contribution in [0.4, 0.5) is 5.13 Å². The number of nitrogens with two attached hydrogens (primary N) is 1. The van der Waals surface area contributed by atoms with Crippen molar-refractivity contribution in [2.24, 2.45) is 5.16 Å². The van der Waals surface area contributed by atoms with Crippen molar-refractivity contribution in [3.8, 4) is 11.3 Å². The van der Waals surface area contributed by atoms with Gasteiger partial charge in [0.15, 0.2) is 16.6 Å². The molecule has 5 rings (SSSR count). The van der Waals surface area contributed by atoms with Crippen molar-refractivity contribution in [2.75, 3.05) is 24.3 Å². The smallest absolute Gasteiger partial charge is 0.352 e. The summed E-state index contributed by atoms with van der Waals surface area (Å²) < 4.78 is 5.79. The number of thioether (sulfide) groups is 2. The highest BCUT2D eigenvalue weighted by Gasteiger charge is 2.54. The van der Waals surface area contributed by atoms with Gasteiger partial charge in [0.2, 0.25) is 0 Å². The molecule has 2 aliphatic rings. The third-order valence-corrected chi connectivity index (χ3v) is 8.55. The lowest BCUT2D eigenvalue weighted by atomic mass is 10.0. The van der Waals surface area contributed by atoms with E-state index in [-0.39, 0.29) is 28.0 Å².